The smallest absolute Gasteiger partial charge is 0.182 e. The number of aromatic nitrogens is 3. The van der Waals surface area contributed by atoms with Gasteiger partial charge in [-0.05, 0) is 19.1 Å². The molecule has 1 aliphatic rings. The quantitative estimate of drug-likeness (QED) is 0.687. The Balaban J connectivity index is 0.000000574. The molecule has 4 nitrogen and oxygen atoms in total. The highest BCUT2D eigenvalue weighted by Gasteiger charge is 2.17. The van der Waals surface area contributed by atoms with Crippen molar-refractivity contribution in [1.29, 1.82) is 0 Å². The average molecular weight is 266 g/mol. The van der Waals surface area contributed by atoms with E-state index in [4.69, 9.17) is 16.3 Å². The monoisotopic (exact) mass is 265 g/mol. The molecule has 3 heterocycles. The van der Waals surface area contributed by atoms with Gasteiger partial charge in [0.05, 0.1) is 12.3 Å². The summed E-state index contributed by atoms with van der Waals surface area (Å²) in [5, 5.41) is 0.460. The van der Waals surface area contributed by atoms with Gasteiger partial charge in [-0.15, -0.1) is 0 Å². The molecule has 5 heteroatoms. The van der Waals surface area contributed by atoms with Crippen LogP contribution in [0.25, 0.3) is 5.82 Å². The van der Waals surface area contributed by atoms with Gasteiger partial charge in [-0.25, -0.2) is 9.97 Å². The fraction of sp³-hybridized carbons (Fsp3) is 0.385. The molecule has 0 radical (unpaired) electrons. The van der Waals surface area contributed by atoms with Gasteiger partial charge in [0, 0.05) is 12.6 Å². The molecule has 2 aromatic rings. The first-order valence-electron chi connectivity index (χ1n) is 6.08. The molecule has 3 rings (SSSR count). The molecule has 96 valence electrons. The van der Waals surface area contributed by atoms with Crippen LogP contribution < -0.4 is 4.74 Å². The molecule has 2 aromatic heterocycles. The number of pyridine rings is 1. The number of ether oxygens (including phenoxy) is 1. The van der Waals surface area contributed by atoms with Gasteiger partial charge in [0.15, 0.2) is 11.6 Å². The molecular formula is C13H16ClN3O. The first-order valence-corrected chi connectivity index (χ1v) is 6.46. The molecular weight excluding hydrogens is 250 g/mol. The topological polar surface area (TPSA) is 39.9 Å². The summed E-state index contributed by atoms with van der Waals surface area (Å²) in [4.78, 5) is 8.73. The molecule has 0 bridgehead atoms. The summed E-state index contributed by atoms with van der Waals surface area (Å²) in [6.45, 7) is 6.58. The molecule has 1 aliphatic heterocycles. The number of hydrogen-bond donors (Lipinski definition) is 0. The van der Waals surface area contributed by atoms with E-state index in [1.54, 1.807) is 6.07 Å². The molecule has 0 spiro atoms. The zero-order chi connectivity index (χ0) is 13.1. The minimum Gasteiger partial charge on any atom is -0.489 e. The number of hydrogen-bond acceptors (Lipinski definition) is 3. The zero-order valence-corrected chi connectivity index (χ0v) is 11.5. The summed E-state index contributed by atoms with van der Waals surface area (Å²) in [7, 11) is 0. The maximum absolute atomic E-state index is 5.90. The van der Waals surface area contributed by atoms with Crippen LogP contribution in [0.3, 0.4) is 0 Å². The Hall–Kier alpha value is -1.55. The Kier molecular flexibility index (Phi) is 3.87. The maximum atomic E-state index is 5.90. The summed E-state index contributed by atoms with van der Waals surface area (Å²) < 4.78 is 7.55. The van der Waals surface area contributed by atoms with E-state index in [0.717, 1.165) is 29.5 Å². The van der Waals surface area contributed by atoms with Crippen LogP contribution >= 0.6 is 11.6 Å². The van der Waals surface area contributed by atoms with Gasteiger partial charge < -0.3 is 4.74 Å². The first-order chi connectivity index (χ1) is 8.74. The summed E-state index contributed by atoms with van der Waals surface area (Å²) in [5.41, 5.74) is 0.977. The highest BCUT2D eigenvalue weighted by molar-refractivity contribution is 6.29. The molecule has 0 saturated carbocycles. The predicted molar refractivity (Wildman–Crippen MR) is 71.7 cm³/mol. The lowest BCUT2D eigenvalue weighted by molar-refractivity contribution is 0.324. The van der Waals surface area contributed by atoms with Gasteiger partial charge >= 0.3 is 0 Å². The van der Waals surface area contributed by atoms with Gasteiger partial charge in [-0.1, -0.05) is 25.4 Å². The Labute approximate surface area is 112 Å². The third kappa shape index (κ3) is 2.34. The molecule has 0 aliphatic carbocycles. The van der Waals surface area contributed by atoms with Crippen LogP contribution in [0, 0.1) is 6.92 Å². The van der Waals surface area contributed by atoms with Gasteiger partial charge in [-0.2, -0.15) is 0 Å². The first kappa shape index (κ1) is 12.9. The van der Waals surface area contributed by atoms with Crippen molar-refractivity contribution >= 4 is 11.6 Å². The van der Waals surface area contributed by atoms with Crippen molar-refractivity contribution in [2.24, 2.45) is 0 Å². The standard InChI is InChI=1S/C11H10ClN3O.C2H6/c1-7-6-15-10(13-7)4-5-16-8-2-3-9(12)14-11(8)15;1-2/h2-3,6H,4-5H2,1H3;1-2H3. The minimum atomic E-state index is 0.460. The highest BCUT2D eigenvalue weighted by atomic mass is 35.5. The fourth-order valence-electron chi connectivity index (χ4n) is 1.86. The Morgan fingerprint density at radius 3 is 2.83 bits per heavy atom. The summed E-state index contributed by atoms with van der Waals surface area (Å²) in [5.74, 6) is 2.44. The van der Waals surface area contributed by atoms with Crippen molar-refractivity contribution in [3.05, 3.63) is 35.0 Å². The minimum absolute atomic E-state index is 0.460. The largest absolute Gasteiger partial charge is 0.489 e. The SMILES string of the molecule is CC.Cc1cn2c(n1)CCOc1ccc(Cl)nc1-2. The Bertz CT molecular complexity index is 551. The summed E-state index contributed by atoms with van der Waals surface area (Å²) in [6, 6.07) is 3.57. The van der Waals surface area contributed by atoms with Crippen LogP contribution in [0.2, 0.25) is 5.15 Å². The van der Waals surface area contributed by atoms with Crippen LogP contribution in [0.5, 0.6) is 5.75 Å². The number of nitrogens with zero attached hydrogens (tertiary/aromatic N) is 3. The number of aryl methyl sites for hydroxylation is 1. The number of fused-ring (bicyclic) bond motifs is 3. The van der Waals surface area contributed by atoms with Gasteiger partial charge in [0.2, 0.25) is 0 Å². The third-order valence-electron chi connectivity index (χ3n) is 2.52. The number of halogens is 1. The molecule has 0 N–H and O–H groups in total. The van der Waals surface area contributed by atoms with Crippen LogP contribution in [-0.4, -0.2) is 21.1 Å². The van der Waals surface area contributed by atoms with Crippen LogP contribution in [0.1, 0.15) is 25.4 Å². The van der Waals surface area contributed by atoms with Gasteiger partial charge in [0.1, 0.15) is 11.0 Å². The van der Waals surface area contributed by atoms with E-state index in [1.165, 1.54) is 0 Å². The normalized spacial score (nSPS) is 12.4. The lowest BCUT2D eigenvalue weighted by atomic mass is 10.4. The predicted octanol–water partition coefficient (Wildman–Crippen LogP) is 3.19. The van der Waals surface area contributed by atoms with Gasteiger partial charge in [0.25, 0.3) is 0 Å². The lowest BCUT2D eigenvalue weighted by Gasteiger charge is -2.07. The highest BCUT2D eigenvalue weighted by Crippen LogP contribution is 2.27. The van der Waals surface area contributed by atoms with Crippen LogP contribution in [-0.2, 0) is 6.42 Å². The molecule has 0 aromatic carbocycles. The maximum Gasteiger partial charge on any atom is 0.182 e. The lowest BCUT2D eigenvalue weighted by Crippen LogP contribution is -2.01. The van der Waals surface area contributed by atoms with E-state index in [0.29, 0.717) is 11.8 Å². The van der Waals surface area contributed by atoms with Crippen molar-refractivity contribution in [2.75, 3.05) is 6.61 Å². The molecule has 18 heavy (non-hydrogen) atoms. The molecule has 0 atom stereocenters. The van der Waals surface area contributed by atoms with Crippen molar-refractivity contribution in [3.63, 3.8) is 0 Å². The number of rotatable bonds is 0. The van der Waals surface area contributed by atoms with E-state index in [1.807, 2.05) is 37.6 Å². The second kappa shape index (κ2) is 5.40. The summed E-state index contributed by atoms with van der Waals surface area (Å²) in [6.07, 6.45) is 2.73. The van der Waals surface area contributed by atoms with E-state index in [9.17, 15) is 0 Å². The van der Waals surface area contributed by atoms with Crippen molar-refractivity contribution in [2.45, 2.75) is 27.2 Å². The van der Waals surface area contributed by atoms with Crippen molar-refractivity contribution in [3.8, 4) is 11.6 Å². The second-order valence-corrected chi connectivity index (χ2v) is 4.11. The molecule has 0 fully saturated rings. The Morgan fingerprint density at radius 2 is 2.06 bits per heavy atom. The fourth-order valence-corrected chi connectivity index (χ4v) is 2.00. The zero-order valence-electron chi connectivity index (χ0n) is 10.8. The van der Waals surface area contributed by atoms with Crippen LogP contribution in [0.4, 0.5) is 0 Å². The average Bonchev–Trinajstić information content (AvgIpc) is 2.67. The number of imidazole rings is 1. The second-order valence-electron chi connectivity index (χ2n) is 3.72. The summed E-state index contributed by atoms with van der Waals surface area (Å²) >= 11 is 5.90. The van der Waals surface area contributed by atoms with E-state index in [2.05, 4.69) is 9.97 Å². The van der Waals surface area contributed by atoms with E-state index >= 15 is 0 Å². The third-order valence-corrected chi connectivity index (χ3v) is 2.73. The Morgan fingerprint density at radius 1 is 1.28 bits per heavy atom. The van der Waals surface area contributed by atoms with E-state index in [-0.39, 0.29) is 0 Å². The van der Waals surface area contributed by atoms with Crippen molar-refractivity contribution in [1.82, 2.24) is 14.5 Å². The van der Waals surface area contributed by atoms with E-state index < -0.39 is 0 Å². The van der Waals surface area contributed by atoms with Gasteiger partial charge in [-0.3, -0.25) is 4.57 Å². The molecule has 0 amide bonds. The molecule has 0 unspecified atom stereocenters. The molecule has 0 saturated heterocycles. The van der Waals surface area contributed by atoms with Crippen LogP contribution in [0.15, 0.2) is 18.3 Å². The van der Waals surface area contributed by atoms with Crippen molar-refractivity contribution < 1.29 is 4.74 Å².